The molecule has 2 aliphatic heterocycles. The molecule has 0 bridgehead atoms. The van der Waals surface area contributed by atoms with Crippen LogP contribution in [-0.2, 0) is 18.0 Å². The van der Waals surface area contributed by atoms with Gasteiger partial charge in [0.2, 0.25) is 5.82 Å². The van der Waals surface area contributed by atoms with Crippen LogP contribution in [0.3, 0.4) is 0 Å². The zero-order chi connectivity index (χ0) is 26.4. The first-order valence-electron chi connectivity index (χ1n) is 12.3. The van der Waals surface area contributed by atoms with E-state index in [-0.39, 0.29) is 5.54 Å². The Morgan fingerprint density at radius 1 is 1.11 bits per heavy atom. The molecule has 3 aromatic rings. The number of hydrogen-bond acceptors (Lipinski definition) is 8. The molecule has 2 aromatic heterocycles. The molecule has 12 heteroatoms. The summed E-state index contributed by atoms with van der Waals surface area (Å²) < 4.78 is 52.9. The molecule has 37 heavy (non-hydrogen) atoms. The van der Waals surface area contributed by atoms with Crippen LogP contribution in [0.1, 0.15) is 31.5 Å². The van der Waals surface area contributed by atoms with Crippen molar-refractivity contribution in [3.8, 4) is 11.6 Å². The van der Waals surface area contributed by atoms with Crippen LogP contribution < -0.4 is 4.90 Å². The lowest BCUT2D eigenvalue weighted by molar-refractivity contribution is -0.137. The molecule has 5 rings (SSSR count). The third kappa shape index (κ3) is 4.74. The molecule has 200 valence electrons. The Morgan fingerprint density at radius 2 is 1.86 bits per heavy atom. The van der Waals surface area contributed by atoms with Crippen molar-refractivity contribution in [1.82, 2.24) is 24.6 Å². The zero-order valence-electron chi connectivity index (χ0n) is 21.4. The van der Waals surface area contributed by atoms with Crippen molar-refractivity contribution in [3.05, 3.63) is 41.9 Å². The fourth-order valence-electron chi connectivity index (χ4n) is 5.45. The minimum Gasteiger partial charge on any atom is -0.440 e. The van der Waals surface area contributed by atoms with Crippen LogP contribution in [0, 0.1) is 6.92 Å². The summed E-state index contributed by atoms with van der Waals surface area (Å²) in [6.45, 7) is 9.75. The van der Waals surface area contributed by atoms with E-state index in [1.54, 1.807) is 23.9 Å². The van der Waals surface area contributed by atoms with E-state index in [0.717, 1.165) is 60.5 Å². The molecule has 0 aliphatic carbocycles. The summed E-state index contributed by atoms with van der Waals surface area (Å²) in [7, 11) is 1.92. The fourth-order valence-corrected chi connectivity index (χ4v) is 6.28. The Kier molecular flexibility index (Phi) is 6.78. The molecule has 4 heterocycles. The Balaban J connectivity index is 1.20. The van der Waals surface area contributed by atoms with Crippen molar-refractivity contribution >= 4 is 17.4 Å². The number of oxazole rings is 1. The van der Waals surface area contributed by atoms with Gasteiger partial charge in [-0.25, -0.2) is 4.98 Å². The number of rotatable bonds is 7. The molecular formula is C25H31F3N6O2S. The molecule has 0 N–H and O–H groups in total. The molecule has 0 radical (unpaired) electrons. The molecule has 1 aromatic carbocycles. The summed E-state index contributed by atoms with van der Waals surface area (Å²) in [5.74, 6) is 2.15. The fraction of sp³-hybridized carbons (Fsp3) is 0.560. The quantitative estimate of drug-likeness (QED) is 0.319. The predicted octanol–water partition coefficient (Wildman–Crippen LogP) is 4.65. The normalized spacial score (nSPS) is 24.6. The summed E-state index contributed by atoms with van der Waals surface area (Å²) in [5, 5.41) is 9.38. The lowest BCUT2D eigenvalue weighted by Gasteiger charge is -2.52. The SMILES string of the molecule is Cc1ncoc1-c1nnc(SCCCN2C[C@@]3(C)OCCN(c4ccc(C(F)(F)F)cc4)[C@@]3(C)C2)n1C. The number of fused-ring (bicyclic) bond motifs is 1. The van der Waals surface area contributed by atoms with Gasteiger partial charge in [-0.1, -0.05) is 11.8 Å². The number of ether oxygens (including phenoxy) is 1. The zero-order valence-corrected chi connectivity index (χ0v) is 22.2. The first-order valence-corrected chi connectivity index (χ1v) is 13.2. The number of morpholine rings is 1. The van der Waals surface area contributed by atoms with Crippen LogP contribution in [0.25, 0.3) is 11.6 Å². The van der Waals surface area contributed by atoms with Crippen molar-refractivity contribution in [2.24, 2.45) is 7.05 Å². The maximum atomic E-state index is 13.1. The van der Waals surface area contributed by atoms with Gasteiger partial charge in [0, 0.05) is 38.1 Å². The first-order chi connectivity index (χ1) is 17.5. The van der Waals surface area contributed by atoms with Crippen LogP contribution in [0.4, 0.5) is 18.9 Å². The van der Waals surface area contributed by atoms with Crippen molar-refractivity contribution in [1.29, 1.82) is 0 Å². The van der Waals surface area contributed by atoms with Crippen LogP contribution in [-0.4, -0.2) is 74.3 Å². The number of hydrogen-bond donors (Lipinski definition) is 0. The van der Waals surface area contributed by atoms with Crippen LogP contribution in [0.2, 0.25) is 0 Å². The molecular weight excluding hydrogens is 505 g/mol. The smallest absolute Gasteiger partial charge is 0.416 e. The summed E-state index contributed by atoms with van der Waals surface area (Å²) in [6, 6.07) is 5.48. The van der Waals surface area contributed by atoms with Gasteiger partial charge in [-0.05, 0) is 58.0 Å². The summed E-state index contributed by atoms with van der Waals surface area (Å²) in [6.07, 6.45) is -1.99. The number of anilines is 1. The molecule has 2 fully saturated rings. The number of aromatic nitrogens is 4. The van der Waals surface area contributed by atoms with Gasteiger partial charge >= 0.3 is 6.18 Å². The highest BCUT2D eigenvalue weighted by molar-refractivity contribution is 7.99. The standard InChI is InChI=1S/C25H31F3N6O2S/c1-17-20(35-16-29-17)21-30-31-22(32(21)4)37-13-5-10-33-14-23(2)24(3,15-33)36-12-11-34(23)19-8-6-18(7-9-19)25(26,27)28/h6-9,16H,5,10-15H2,1-4H3/t23-,24+/m0/s1. The lowest BCUT2D eigenvalue weighted by Crippen LogP contribution is -2.66. The van der Waals surface area contributed by atoms with E-state index in [0.29, 0.717) is 24.7 Å². The Labute approximate surface area is 218 Å². The maximum Gasteiger partial charge on any atom is 0.416 e. The van der Waals surface area contributed by atoms with Gasteiger partial charge in [-0.2, -0.15) is 13.2 Å². The van der Waals surface area contributed by atoms with Gasteiger partial charge in [-0.3, -0.25) is 4.90 Å². The van der Waals surface area contributed by atoms with Crippen molar-refractivity contribution in [3.63, 3.8) is 0 Å². The molecule has 0 unspecified atom stereocenters. The molecule has 2 aliphatic rings. The highest BCUT2D eigenvalue weighted by atomic mass is 32.2. The molecule has 2 saturated heterocycles. The second-order valence-electron chi connectivity index (χ2n) is 10.1. The second kappa shape index (κ2) is 9.63. The third-order valence-corrected chi connectivity index (χ3v) is 8.77. The molecule has 8 nitrogen and oxygen atoms in total. The number of nitrogens with zero attached hydrogens (tertiary/aromatic N) is 6. The van der Waals surface area contributed by atoms with Gasteiger partial charge in [0.25, 0.3) is 0 Å². The molecule has 0 amide bonds. The van der Waals surface area contributed by atoms with Crippen LogP contribution >= 0.6 is 11.8 Å². The minimum atomic E-state index is -4.34. The Bertz CT molecular complexity index is 1250. The summed E-state index contributed by atoms with van der Waals surface area (Å²) in [4.78, 5) is 8.74. The molecule has 2 atom stereocenters. The van der Waals surface area contributed by atoms with E-state index in [1.807, 2.05) is 18.5 Å². The van der Waals surface area contributed by atoms with E-state index < -0.39 is 17.3 Å². The molecule has 0 spiro atoms. The summed E-state index contributed by atoms with van der Waals surface area (Å²) >= 11 is 1.65. The summed E-state index contributed by atoms with van der Waals surface area (Å²) in [5.41, 5.74) is 0.161. The van der Waals surface area contributed by atoms with Gasteiger partial charge in [0.1, 0.15) is 5.60 Å². The van der Waals surface area contributed by atoms with Crippen molar-refractivity contribution in [2.45, 2.75) is 49.7 Å². The Hall–Kier alpha value is -2.57. The van der Waals surface area contributed by atoms with Gasteiger partial charge in [0.05, 0.1) is 23.4 Å². The number of thioether (sulfide) groups is 1. The first kappa shape index (κ1) is 26.1. The number of halogens is 3. The number of likely N-dealkylation sites (tertiary alicyclic amines) is 1. The van der Waals surface area contributed by atoms with E-state index in [2.05, 4.69) is 38.8 Å². The highest BCUT2D eigenvalue weighted by Gasteiger charge is 2.58. The van der Waals surface area contributed by atoms with Gasteiger partial charge in [0.15, 0.2) is 17.3 Å². The highest BCUT2D eigenvalue weighted by Crippen LogP contribution is 2.44. The minimum absolute atomic E-state index is 0.356. The van der Waals surface area contributed by atoms with Gasteiger partial charge in [-0.15, -0.1) is 10.2 Å². The van der Waals surface area contributed by atoms with Crippen LogP contribution in [0.15, 0.2) is 40.2 Å². The largest absolute Gasteiger partial charge is 0.440 e. The maximum absolute atomic E-state index is 13.1. The average molecular weight is 537 g/mol. The monoisotopic (exact) mass is 536 g/mol. The predicted molar refractivity (Wildman–Crippen MR) is 135 cm³/mol. The van der Waals surface area contributed by atoms with E-state index in [4.69, 9.17) is 9.15 Å². The topological polar surface area (TPSA) is 72.4 Å². The van der Waals surface area contributed by atoms with Crippen LogP contribution in [0.5, 0.6) is 0 Å². The van der Waals surface area contributed by atoms with Crippen molar-refractivity contribution in [2.75, 3.05) is 43.4 Å². The number of aryl methyl sites for hydroxylation is 1. The van der Waals surface area contributed by atoms with E-state index in [9.17, 15) is 13.2 Å². The second-order valence-corrected chi connectivity index (χ2v) is 11.2. The lowest BCUT2D eigenvalue weighted by atomic mass is 9.82. The van der Waals surface area contributed by atoms with Gasteiger partial charge < -0.3 is 18.6 Å². The average Bonchev–Trinajstić information content (AvgIpc) is 3.50. The van der Waals surface area contributed by atoms with E-state index >= 15 is 0 Å². The van der Waals surface area contributed by atoms with E-state index in [1.165, 1.54) is 6.39 Å². The number of alkyl halides is 3. The molecule has 0 saturated carbocycles. The Morgan fingerprint density at radius 3 is 2.54 bits per heavy atom. The van der Waals surface area contributed by atoms with Crippen molar-refractivity contribution < 1.29 is 22.3 Å². The third-order valence-electron chi connectivity index (χ3n) is 7.67. The number of benzene rings is 1.